The van der Waals surface area contributed by atoms with E-state index in [0.29, 0.717) is 43.3 Å². The van der Waals surface area contributed by atoms with Gasteiger partial charge in [-0.25, -0.2) is 4.98 Å². The maximum Gasteiger partial charge on any atom is 0.259 e. The third-order valence-electron chi connectivity index (χ3n) is 4.26. The van der Waals surface area contributed by atoms with Gasteiger partial charge in [0.2, 0.25) is 5.89 Å². The summed E-state index contributed by atoms with van der Waals surface area (Å²) in [6.07, 6.45) is 0. The lowest BCUT2D eigenvalue weighted by atomic mass is 10.1. The number of oxazole rings is 1. The fraction of sp³-hybridized carbons (Fsp3) is 0.0476. The molecule has 0 spiro atoms. The van der Waals surface area contributed by atoms with Crippen molar-refractivity contribution in [2.24, 2.45) is 0 Å². The van der Waals surface area contributed by atoms with Gasteiger partial charge in [-0.1, -0.05) is 46.4 Å². The number of benzene rings is 3. The highest BCUT2D eigenvalue weighted by Gasteiger charge is 2.18. The van der Waals surface area contributed by atoms with Gasteiger partial charge in [0, 0.05) is 15.7 Å². The Bertz CT molecular complexity index is 1290. The SMILES string of the molecule is COc1c(Cl)cc(Cl)cc1C(=O)Nc1ccc(Cl)c(-c2nc3cc(Cl)ccc3o2)c1. The fourth-order valence-electron chi connectivity index (χ4n) is 2.92. The van der Waals surface area contributed by atoms with E-state index in [-0.39, 0.29) is 16.3 Å². The Hall–Kier alpha value is -2.44. The Morgan fingerprint density at radius 1 is 0.967 bits per heavy atom. The van der Waals surface area contributed by atoms with Gasteiger partial charge in [0.25, 0.3) is 5.91 Å². The minimum absolute atomic E-state index is 0.197. The van der Waals surface area contributed by atoms with Crippen LogP contribution in [-0.2, 0) is 0 Å². The number of aromatic nitrogens is 1. The van der Waals surface area contributed by atoms with Crippen molar-refractivity contribution in [2.45, 2.75) is 0 Å². The molecule has 30 heavy (non-hydrogen) atoms. The van der Waals surface area contributed by atoms with Crippen LogP contribution in [0.3, 0.4) is 0 Å². The molecular formula is C21H12Cl4N2O3. The maximum absolute atomic E-state index is 12.8. The minimum atomic E-state index is -0.450. The number of hydrogen-bond donors (Lipinski definition) is 1. The molecule has 0 aliphatic rings. The zero-order valence-corrected chi connectivity index (χ0v) is 18.3. The van der Waals surface area contributed by atoms with Crippen molar-refractivity contribution < 1.29 is 13.9 Å². The van der Waals surface area contributed by atoms with Crippen molar-refractivity contribution in [3.8, 4) is 17.2 Å². The molecule has 1 heterocycles. The summed E-state index contributed by atoms with van der Waals surface area (Å²) < 4.78 is 11.0. The lowest BCUT2D eigenvalue weighted by Crippen LogP contribution is -2.13. The van der Waals surface area contributed by atoms with Crippen LogP contribution in [0.4, 0.5) is 5.69 Å². The van der Waals surface area contributed by atoms with Crippen LogP contribution in [0, 0.1) is 0 Å². The van der Waals surface area contributed by atoms with Gasteiger partial charge in [-0.3, -0.25) is 4.79 Å². The number of carbonyl (C=O) groups is 1. The summed E-state index contributed by atoms with van der Waals surface area (Å²) in [7, 11) is 1.42. The number of hydrogen-bond acceptors (Lipinski definition) is 4. The molecule has 0 radical (unpaired) electrons. The molecule has 152 valence electrons. The number of amides is 1. The van der Waals surface area contributed by atoms with Gasteiger partial charge in [0.1, 0.15) is 11.3 Å². The zero-order valence-electron chi connectivity index (χ0n) is 15.3. The predicted octanol–water partition coefficient (Wildman–Crippen LogP) is 7.37. The monoisotopic (exact) mass is 480 g/mol. The van der Waals surface area contributed by atoms with Gasteiger partial charge in [-0.15, -0.1) is 0 Å². The number of anilines is 1. The van der Waals surface area contributed by atoms with E-state index in [9.17, 15) is 4.79 Å². The lowest BCUT2D eigenvalue weighted by Gasteiger charge is -2.12. The summed E-state index contributed by atoms with van der Waals surface area (Å²) in [5, 5.41) is 4.28. The third kappa shape index (κ3) is 4.07. The van der Waals surface area contributed by atoms with Crippen LogP contribution in [0.2, 0.25) is 20.1 Å². The van der Waals surface area contributed by atoms with E-state index < -0.39 is 5.91 Å². The van der Waals surface area contributed by atoms with Crippen LogP contribution in [0.15, 0.2) is 52.9 Å². The Morgan fingerprint density at radius 2 is 1.77 bits per heavy atom. The third-order valence-corrected chi connectivity index (χ3v) is 5.33. The number of ether oxygens (including phenoxy) is 1. The average Bonchev–Trinajstić information content (AvgIpc) is 3.11. The molecule has 9 heteroatoms. The van der Waals surface area contributed by atoms with Crippen molar-refractivity contribution in [1.82, 2.24) is 4.98 Å². The first kappa shape index (κ1) is 20.8. The summed E-state index contributed by atoms with van der Waals surface area (Å²) in [6.45, 7) is 0. The first-order valence-corrected chi connectivity index (χ1v) is 10.1. The molecule has 0 aliphatic heterocycles. The lowest BCUT2D eigenvalue weighted by molar-refractivity contribution is 0.102. The standard InChI is InChI=1S/C21H12Cl4N2O3/c1-29-19-14(6-11(23)7-16(19)25)20(28)26-12-3-4-15(24)13(9-12)21-27-17-8-10(22)2-5-18(17)30-21/h2-9H,1H3,(H,26,28). The van der Waals surface area contributed by atoms with Crippen LogP contribution in [0.5, 0.6) is 5.75 Å². The first-order valence-electron chi connectivity index (χ1n) is 8.56. The van der Waals surface area contributed by atoms with Crippen LogP contribution >= 0.6 is 46.4 Å². The van der Waals surface area contributed by atoms with Crippen molar-refractivity contribution >= 4 is 69.1 Å². The molecule has 0 bridgehead atoms. The average molecular weight is 482 g/mol. The van der Waals surface area contributed by atoms with Crippen LogP contribution < -0.4 is 10.1 Å². The summed E-state index contributed by atoms with van der Waals surface area (Å²) in [5.41, 5.74) is 2.35. The largest absolute Gasteiger partial charge is 0.494 e. The zero-order chi connectivity index (χ0) is 21.4. The van der Waals surface area contributed by atoms with E-state index in [1.54, 1.807) is 36.4 Å². The molecule has 3 aromatic carbocycles. The molecule has 0 saturated heterocycles. The summed E-state index contributed by atoms with van der Waals surface area (Å²) in [5.74, 6) is 0.0780. The van der Waals surface area contributed by atoms with Crippen molar-refractivity contribution in [3.63, 3.8) is 0 Å². The molecule has 4 aromatic rings. The molecule has 0 unspecified atom stereocenters. The molecular weight excluding hydrogens is 470 g/mol. The van der Waals surface area contributed by atoms with E-state index in [1.165, 1.54) is 19.2 Å². The Morgan fingerprint density at radius 3 is 2.53 bits per heavy atom. The van der Waals surface area contributed by atoms with Gasteiger partial charge in [0.05, 0.1) is 28.3 Å². The van der Waals surface area contributed by atoms with Crippen LogP contribution in [-0.4, -0.2) is 18.0 Å². The normalized spacial score (nSPS) is 11.0. The molecule has 4 rings (SSSR count). The summed E-state index contributed by atoms with van der Waals surface area (Å²) in [4.78, 5) is 17.2. The molecule has 0 atom stereocenters. The quantitative estimate of drug-likeness (QED) is 0.330. The molecule has 1 amide bonds. The summed E-state index contributed by atoms with van der Waals surface area (Å²) >= 11 is 24.5. The highest BCUT2D eigenvalue weighted by molar-refractivity contribution is 6.36. The van der Waals surface area contributed by atoms with E-state index in [4.69, 9.17) is 55.6 Å². The van der Waals surface area contributed by atoms with Gasteiger partial charge >= 0.3 is 0 Å². The summed E-state index contributed by atoms with van der Waals surface area (Å²) in [6, 6.07) is 13.0. The number of rotatable bonds is 4. The number of halogens is 4. The highest BCUT2D eigenvalue weighted by atomic mass is 35.5. The maximum atomic E-state index is 12.8. The molecule has 0 aliphatic carbocycles. The van der Waals surface area contributed by atoms with Crippen LogP contribution in [0.25, 0.3) is 22.6 Å². The molecule has 1 aromatic heterocycles. The molecule has 5 nitrogen and oxygen atoms in total. The van der Waals surface area contributed by atoms with E-state index in [0.717, 1.165) is 0 Å². The van der Waals surface area contributed by atoms with Gasteiger partial charge in [0.15, 0.2) is 5.58 Å². The second-order valence-corrected chi connectivity index (χ2v) is 7.94. The highest BCUT2D eigenvalue weighted by Crippen LogP contribution is 2.35. The second kappa shape index (κ2) is 8.36. The Kier molecular flexibility index (Phi) is 5.80. The number of carbonyl (C=O) groups excluding carboxylic acids is 1. The second-order valence-electron chi connectivity index (χ2n) is 6.25. The first-order chi connectivity index (χ1) is 14.4. The number of nitrogens with one attached hydrogen (secondary N) is 1. The van der Waals surface area contributed by atoms with Gasteiger partial charge in [-0.05, 0) is 48.5 Å². The number of methoxy groups -OCH3 is 1. The fourth-order valence-corrected chi connectivity index (χ4v) is 3.85. The van der Waals surface area contributed by atoms with Crippen molar-refractivity contribution in [3.05, 3.63) is 74.2 Å². The minimum Gasteiger partial charge on any atom is -0.494 e. The predicted molar refractivity (Wildman–Crippen MR) is 120 cm³/mol. The van der Waals surface area contributed by atoms with E-state index >= 15 is 0 Å². The molecule has 1 N–H and O–H groups in total. The topological polar surface area (TPSA) is 64.4 Å². The number of fused-ring (bicyclic) bond motifs is 1. The van der Waals surface area contributed by atoms with Crippen molar-refractivity contribution in [1.29, 1.82) is 0 Å². The van der Waals surface area contributed by atoms with E-state index in [2.05, 4.69) is 10.3 Å². The van der Waals surface area contributed by atoms with Gasteiger partial charge in [-0.2, -0.15) is 0 Å². The molecule has 0 saturated carbocycles. The molecule has 0 fully saturated rings. The van der Waals surface area contributed by atoms with E-state index in [1.807, 2.05) is 0 Å². The van der Waals surface area contributed by atoms with Gasteiger partial charge < -0.3 is 14.5 Å². The van der Waals surface area contributed by atoms with Crippen LogP contribution in [0.1, 0.15) is 10.4 Å². The smallest absolute Gasteiger partial charge is 0.259 e. The number of nitrogens with zero attached hydrogens (tertiary/aromatic N) is 1. The Balaban J connectivity index is 1.69. The Labute approximate surface area is 191 Å². The van der Waals surface area contributed by atoms with Crippen molar-refractivity contribution in [2.75, 3.05) is 12.4 Å².